The van der Waals surface area contributed by atoms with Crippen LogP contribution in [0, 0.1) is 0 Å². The fourth-order valence-electron chi connectivity index (χ4n) is 2.90. The second-order valence-corrected chi connectivity index (χ2v) is 5.78. The lowest BCUT2D eigenvalue weighted by Crippen LogP contribution is -2.03. The summed E-state index contributed by atoms with van der Waals surface area (Å²) in [5, 5.41) is 19.1. The Morgan fingerprint density at radius 2 is 1.00 bits per heavy atom. The van der Waals surface area contributed by atoms with E-state index in [0.29, 0.717) is 0 Å². The lowest BCUT2D eigenvalue weighted by molar-refractivity contribution is 0.475. The van der Waals surface area contributed by atoms with Gasteiger partial charge in [-0.1, -0.05) is 60.7 Å². The normalized spacial score (nSPS) is 11.2. The van der Waals surface area contributed by atoms with Gasteiger partial charge in [-0.3, -0.25) is 0 Å². The van der Waals surface area contributed by atoms with Gasteiger partial charge in [0.15, 0.2) is 0 Å². The maximum Gasteiger partial charge on any atom is 0.115 e. The molecule has 0 unspecified atom stereocenters. The van der Waals surface area contributed by atoms with Crippen LogP contribution >= 0.6 is 0 Å². The molecule has 0 spiro atoms. The van der Waals surface area contributed by atoms with Crippen LogP contribution in [-0.4, -0.2) is 10.2 Å². The molecule has 3 rings (SSSR count). The molecule has 3 aromatic carbocycles. The van der Waals surface area contributed by atoms with E-state index in [9.17, 15) is 10.2 Å². The molecule has 2 nitrogen and oxygen atoms in total. The Kier molecular flexibility index (Phi) is 4.66. The lowest BCUT2D eigenvalue weighted by atomic mass is 9.85. The van der Waals surface area contributed by atoms with Gasteiger partial charge in [0.25, 0.3) is 0 Å². The zero-order valence-electron chi connectivity index (χ0n) is 13.6. The van der Waals surface area contributed by atoms with E-state index in [1.54, 1.807) is 24.3 Å². The summed E-state index contributed by atoms with van der Waals surface area (Å²) in [6.07, 6.45) is 4.09. The highest BCUT2D eigenvalue weighted by molar-refractivity contribution is 5.52. The van der Waals surface area contributed by atoms with Gasteiger partial charge in [0.1, 0.15) is 11.5 Å². The average molecular weight is 316 g/mol. The molecule has 3 aromatic rings. The summed E-state index contributed by atoms with van der Waals surface area (Å²) in [5.74, 6) is 0.559. The lowest BCUT2D eigenvalue weighted by Gasteiger charge is -2.19. The van der Waals surface area contributed by atoms with Gasteiger partial charge in [-0.05, 0) is 53.4 Å². The second-order valence-electron chi connectivity index (χ2n) is 5.78. The molecule has 0 radical (unpaired) electrons. The molecule has 0 atom stereocenters. The number of hydrogen-bond donors (Lipinski definition) is 2. The van der Waals surface area contributed by atoms with E-state index in [-0.39, 0.29) is 17.4 Å². The number of hydrogen-bond acceptors (Lipinski definition) is 2. The number of aromatic hydroxyl groups is 2. The summed E-state index contributed by atoms with van der Waals surface area (Å²) in [4.78, 5) is 0. The predicted octanol–water partition coefficient (Wildman–Crippen LogP) is 5.31. The number of phenols is 2. The highest BCUT2D eigenvalue weighted by Gasteiger charge is 2.16. The molecule has 0 saturated carbocycles. The molecular weight excluding hydrogens is 296 g/mol. The molecule has 24 heavy (non-hydrogen) atoms. The summed E-state index contributed by atoms with van der Waals surface area (Å²) in [6, 6.07) is 23.0. The van der Waals surface area contributed by atoms with Gasteiger partial charge >= 0.3 is 0 Å². The molecular formula is C22H20O2. The topological polar surface area (TPSA) is 40.5 Å². The van der Waals surface area contributed by atoms with E-state index >= 15 is 0 Å². The monoisotopic (exact) mass is 316 g/mol. The number of rotatable bonds is 4. The van der Waals surface area contributed by atoms with Crippen LogP contribution in [0.2, 0.25) is 0 Å². The Morgan fingerprint density at radius 3 is 1.38 bits per heavy atom. The van der Waals surface area contributed by atoms with Crippen molar-refractivity contribution in [1.29, 1.82) is 0 Å². The first-order valence-corrected chi connectivity index (χ1v) is 7.98. The summed E-state index contributed by atoms with van der Waals surface area (Å²) in [5.41, 5.74) is 4.52. The van der Waals surface area contributed by atoms with E-state index < -0.39 is 0 Å². The van der Waals surface area contributed by atoms with Crippen LogP contribution in [0.25, 0.3) is 6.08 Å². The van der Waals surface area contributed by atoms with Crippen LogP contribution in [0.4, 0.5) is 0 Å². The molecule has 2 N–H and O–H groups in total. The number of allylic oxidation sites excluding steroid dienone is 1. The van der Waals surface area contributed by atoms with E-state index in [4.69, 9.17) is 0 Å². The molecule has 0 bridgehead atoms. The Labute approximate surface area is 142 Å². The van der Waals surface area contributed by atoms with Gasteiger partial charge in [-0.15, -0.1) is 0 Å². The first-order chi connectivity index (χ1) is 11.7. The van der Waals surface area contributed by atoms with E-state index in [1.165, 1.54) is 5.56 Å². The smallest absolute Gasteiger partial charge is 0.115 e. The fraction of sp³-hybridized carbons (Fsp3) is 0.0909. The van der Waals surface area contributed by atoms with Crippen LogP contribution in [0.1, 0.15) is 35.1 Å². The zero-order valence-corrected chi connectivity index (χ0v) is 13.6. The zero-order chi connectivity index (χ0) is 16.9. The minimum Gasteiger partial charge on any atom is -0.508 e. The molecule has 0 fully saturated rings. The second kappa shape index (κ2) is 7.05. The predicted molar refractivity (Wildman–Crippen MR) is 98.3 cm³/mol. The fourth-order valence-corrected chi connectivity index (χ4v) is 2.90. The van der Waals surface area contributed by atoms with Gasteiger partial charge in [-0.25, -0.2) is 0 Å². The molecule has 0 aromatic heterocycles. The third-order valence-electron chi connectivity index (χ3n) is 4.08. The third-order valence-corrected chi connectivity index (χ3v) is 4.08. The van der Waals surface area contributed by atoms with Crippen molar-refractivity contribution in [3.63, 3.8) is 0 Å². The van der Waals surface area contributed by atoms with Crippen molar-refractivity contribution < 1.29 is 10.2 Å². The molecule has 0 saturated heterocycles. The summed E-state index contributed by atoms with van der Waals surface area (Å²) < 4.78 is 0. The molecule has 2 heteroatoms. The highest BCUT2D eigenvalue weighted by Crippen LogP contribution is 2.33. The molecule has 0 aliphatic heterocycles. The van der Waals surface area contributed by atoms with Crippen LogP contribution < -0.4 is 0 Å². The van der Waals surface area contributed by atoms with Crippen molar-refractivity contribution in [3.05, 3.63) is 101 Å². The van der Waals surface area contributed by atoms with E-state index in [2.05, 4.69) is 30.3 Å². The average Bonchev–Trinajstić information content (AvgIpc) is 2.60. The summed E-state index contributed by atoms with van der Waals surface area (Å²) in [6.45, 7) is 2.00. The summed E-state index contributed by atoms with van der Waals surface area (Å²) in [7, 11) is 0. The van der Waals surface area contributed by atoms with Crippen LogP contribution in [0.3, 0.4) is 0 Å². The van der Waals surface area contributed by atoms with Crippen molar-refractivity contribution in [1.82, 2.24) is 0 Å². The molecule has 0 heterocycles. The van der Waals surface area contributed by atoms with Crippen molar-refractivity contribution >= 4 is 6.08 Å². The number of benzene rings is 3. The minimum atomic E-state index is 0.0471. The van der Waals surface area contributed by atoms with Gasteiger partial charge in [0, 0.05) is 5.92 Å². The molecule has 0 amide bonds. The third kappa shape index (κ3) is 3.49. The van der Waals surface area contributed by atoms with Crippen molar-refractivity contribution in [2.75, 3.05) is 0 Å². The van der Waals surface area contributed by atoms with Gasteiger partial charge < -0.3 is 10.2 Å². The standard InChI is InChI=1S/C22H20O2/c1-2-3-16-4-6-17(7-5-16)22(18-8-12-20(23)13-9-18)19-10-14-21(24)15-11-19/h2-15,22-24H,1H3/b3-2-. The quantitative estimate of drug-likeness (QED) is 0.640. The molecule has 0 aliphatic rings. The van der Waals surface area contributed by atoms with E-state index in [1.807, 2.05) is 37.3 Å². The van der Waals surface area contributed by atoms with Gasteiger partial charge in [-0.2, -0.15) is 0 Å². The van der Waals surface area contributed by atoms with Crippen molar-refractivity contribution in [3.8, 4) is 11.5 Å². The molecule has 120 valence electrons. The SMILES string of the molecule is C/C=C\c1ccc(C(c2ccc(O)cc2)c2ccc(O)cc2)cc1. The highest BCUT2D eigenvalue weighted by atomic mass is 16.3. The largest absolute Gasteiger partial charge is 0.508 e. The molecule has 0 aliphatic carbocycles. The van der Waals surface area contributed by atoms with Crippen LogP contribution in [0.15, 0.2) is 78.9 Å². The maximum atomic E-state index is 9.57. The van der Waals surface area contributed by atoms with Crippen LogP contribution in [-0.2, 0) is 0 Å². The van der Waals surface area contributed by atoms with Crippen molar-refractivity contribution in [2.45, 2.75) is 12.8 Å². The first kappa shape index (κ1) is 15.9. The Morgan fingerprint density at radius 1 is 0.625 bits per heavy atom. The van der Waals surface area contributed by atoms with Gasteiger partial charge in [0.2, 0.25) is 0 Å². The van der Waals surface area contributed by atoms with Crippen LogP contribution in [0.5, 0.6) is 11.5 Å². The van der Waals surface area contributed by atoms with Gasteiger partial charge in [0.05, 0.1) is 0 Å². The summed E-state index contributed by atoms with van der Waals surface area (Å²) >= 11 is 0. The Hall–Kier alpha value is -3.00. The number of phenolic OH excluding ortho intramolecular Hbond substituents is 2. The first-order valence-electron chi connectivity index (χ1n) is 7.98. The minimum absolute atomic E-state index is 0.0471. The maximum absolute atomic E-state index is 9.57. The van der Waals surface area contributed by atoms with Crippen molar-refractivity contribution in [2.24, 2.45) is 0 Å². The van der Waals surface area contributed by atoms with E-state index in [0.717, 1.165) is 16.7 Å². The Balaban J connectivity index is 2.07. The Bertz CT molecular complexity index is 768.